The third-order valence-electron chi connectivity index (χ3n) is 4.24. The highest BCUT2D eigenvalue weighted by Crippen LogP contribution is 2.31. The van der Waals surface area contributed by atoms with Crippen LogP contribution >= 0.6 is 0 Å². The molecule has 2 saturated heterocycles. The summed E-state index contributed by atoms with van der Waals surface area (Å²) in [6.07, 6.45) is 3.66. The van der Waals surface area contributed by atoms with Gasteiger partial charge in [-0.2, -0.15) is 0 Å². The number of hydrogen-bond donors (Lipinski definition) is 1. The minimum absolute atomic E-state index is 0.437. The van der Waals surface area contributed by atoms with Crippen molar-refractivity contribution in [3.05, 3.63) is 35.9 Å². The number of fused-ring (bicyclic) bond motifs is 2. The fourth-order valence-electron chi connectivity index (χ4n) is 3.25. The molecule has 2 aliphatic rings. The molecule has 16 heavy (non-hydrogen) atoms. The Kier molecular flexibility index (Phi) is 2.70. The average molecular weight is 216 g/mol. The van der Waals surface area contributed by atoms with E-state index in [1.807, 2.05) is 0 Å². The van der Waals surface area contributed by atoms with Crippen molar-refractivity contribution < 1.29 is 0 Å². The lowest BCUT2D eigenvalue weighted by Crippen LogP contribution is -2.47. The minimum atomic E-state index is 0.437. The quantitative estimate of drug-likeness (QED) is 0.814. The van der Waals surface area contributed by atoms with Crippen LogP contribution in [0.1, 0.15) is 18.4 Å². The van der Waals surface area contributed by atoms with Crippen molar-refractivity contribution in [1.29, 1.82) is 0 Å². The predicted molar refractivity (Wildman–Crippen MR) is 66.2 cm³/mol. The molecule has 0 aliphatic carbocycles. The van der Waals surface area contributed by atoms with Crippen LogP contribution in [0.3, 0.4) is 0 Å². The van der Waals surface area contributed by atoms with Gasteiger partial charge in [0.25, 0.3) is 0 Å². The van der Waals surface area contributed by atoms with Gasteiger partial charge in [-0.3, -0.25) is 4.90 Å². The first-order valence-electron chi connectivity index (χ1n) is 6.36. The van der Waals surface area contributed by atoms with Gasteiger partial charge in [0.05, 0.1) is 0 Å². The molecular formula is C14H20N2. The summed E-state index contributed by atoms with van der Waals surface area (Å²) in [5.41, 5.74) is 7.68. The zero-order valence-corrected chi connectivity index (χ0v) is 9.68. The predicted octanol–water partition coefficient (Wildman–Crippen LogP) is 1.65. The minimum Gasteiger partial charge on any atom is -0.327 e. The van der Waals surface area contributed by atoms with Crippen molar-refractivity contribution in [2.75, 3.05) is 13.1 Å². The third-order valence-corrected chi connectivity index (χ3v) is 4.24. The highest BCUT2D eigenvalue weighted by atomic mass is 15.2. The summed E-state index contributed by atoms with van der Waals surface area (Å²) in [5, 5.41) is 0. The van der Waals surface area contributed by atoms with Gasteiger partial charge in [-0.05, 0) is 37.3 Å². The molecule has 86 valence electrons. The molecule has 0 amide bonds. The van der Waals surface area contributed by atoms with Crippen molar-refractivity contribution >= 4 is 0 Å². The molecule has 0 radical (unpaired) electrons. The van der Waals surface area contributed by atoms with E-state index in [1.165, 1.54) is 37.9 Å². The third kappa shape index (κ3) is 1.87. The standard InChI is InChI=1S/C14H20N2/c15-14-9-13(16-7-6-12(14)10-16)8-11-4-2-1-3-5-11/h1-5,12-14H,6-10,15H2. The van der Waals surface area contributed by atoms with E-state index in [0.29, 0.717) is 12.1 Å². The van der Waals surface area contributed by atoms with E-state index < -0.39 is 0 Å². The normalized spacial score (nSPS) is 37.6. The highest BCUT2D eigenvalue weighted by Gasteiger charge is 2.37. The number of benzene rings is 1. The van der Waals surface area contributed by atoms with Gasteiger partial charge in [-0.15, -0.1) is 0 Å². The maximum atomic E-state index is 6.23. The highest BCUT2D eigenvalue weighted by molar-refractivity contribution is 5.16. The first-order valence-corrected chi connectivity index (χ1v) is 6.36. The van der Waals surface area contributed by atoms with Gasteiger partial charge in [0.2, 0.25) is 0 Å². The number of nitrogens with zero attached hydrogens (tertiary/aromatic N) is 1. The average Bonchev–Trinajstić information content (AvgIpc) is 2.73. The van der Waals surface area contributed by atoms with E-state index in [9.17, 15) is 0 Å². The summed E-state index contributed by atoms with van der Waals surface area (Å²) in [7, 11) is 0. The molecule has 1 aromatic rings. The second-order valence-corrected chi connectivity index (χ2v) is 5.29. The van der Waals surface area contributed by atoms with Crippen LogP contribution in [0.5, 0.6) is 0 Å². The molecule has 0 saturated carbocycles. The zero-order chi connectivity index (χ0) is 11.0. The van der Waals surface area contributed by atoms with Crippen molar-refractivity contribution in [1.82, 2.24) is 4.90 Å². The van der Waals surface area contributed by atoms with E-state index >= 15 is 0 Å². The molecule has 2 nitrogen and oxygen atoms in total. The molecular weight excluding hydrogens is 196 g/mol. The molecule has 2 heterocycles. The fourth-order valence-corrected chi connectivity index (χ4v) is 3.25. The Bertz CT molecular complexity index is 349. The van der Waals surface area contributed by atoms with Crippen molar-refractivity contribution in [2.45, 2.75) is 31.3 Å². The topological polar surface area (TPSA) is 29.3 Å². The molecule has 1 aromatic carbocycles. The van der Waals surface area contributed by atoms with Gasteiger partial charge in [-0.1, -0.05) is 30.3 Å². The Hall–Kier alpha value is -0.860. The molecule has 3 rings (SSSR count). The van der Waals surface area contributed by atoms with Gasteiger partial charge in [0.15, 0.2) is 0 Å². The molecule has 4 atom stereocenters. The summed E-state index contributed by atoms with van der Waals surface area (Å²) in [4.78, 5) is 2.64. The molecule has 2 bridgehead atoms. The van der Waals surface area contributed by atoms with E-state index in [2.05, 4.69) is 35.2 Å². The number of rotatable bonds is 2. The van der Waals surface area contributed by atoms with Gasteiger partial charge >= 0.3 is 0 Å². The van der Waals surface area contributed by atoms with E-state index in [-0.39, 0.29) is 0 Å². The van der Waals surface area contributed by atoms with Gasteiger partial charge in [0, 0.05) is 18.6 Å². The summed E-state index contributed by atoms with van der Waals surface area (Å²) in [5.74, 6) is 0.770. The largest absolute Gasteiger partial charge is 0.327 e. The summed E-state index contributed by atoms with van der Waals surface area (Å²) < 4.78 is 0. The number of hydrogen-bond acceptors (Lipinski definition) is 2. The van der Waals surface area contributed by atoms with Crippen LogP contribution in [0.2, 0.25) is 0 Å². The maximum absolute atomic E-state index is 6.23. The van der Waals surface area contributed by atoms with Gasteiger partial charge in [-0.25, -0.2) is 0 Å². The maximum Gasteiger partial charge on any atom is 0.0151 e. The zero-order valence-electron chi connectivity index (χ0n) is 9.68. The lowest BCUT2D eigenvalue weighted by Gasteiger charge is -2.36. The first-order chi connectivity index (χ1) is 7.83. The fraction of sp³-hybridized carbons (Fsp3) is 0.571. The second-order valence-electron chi connectivity index (χ2n) is 5.29. The molecule has 2 N–H and O–H groups in total. The second kappa shape index (κ2) is 4.19. The molecule has 0 aromatic heterocycles. The lowest BCUT2D eigenvalue weighted by molar-refractivity contribution is 0.163. The van der Waals surface area contributed by atoms with Gasteiger partial charge in [0.1, 0.15) is 0 Å². The monoisotopic (exact) mass is 216 g/mol. The Morgan fingerprint density at radius 1 is 1.25 bits per heavy atom. The first kappa shape index (κ1) is 10.3. The SMILES string of the molecule is NC1CC(Cc2ccccc2)N2CCC1C2. The van der Waals surface area contributed by atoms with Crippen LogP contribution in [0.25, 0.3) is 0 Å². The van der Waals surface area contributed by atoms with E-state index in [1.54, 1.807) is 0 Å². The Morgan fingerprint density at radius 2 is 2.06 bits per heavy atom. The summed E-state index contributed by atoms with van der Waals surface area (Å²) >= 11 is 0. The van der Waals surface area contributed by atoms with Crippen LogP contribution in [0.4, 0.5) is 0 Å². The van der Waals surface area contributed by atoms with Gasteiger partial charge < -0.3 is 5.73 Å². The number of piperidine rings is 1. The molecule has 2 heteroatoms. The molecule has 2 aliphatic heterocycles. The van der Waals surface area contributed by atoms with E-state index in [4.69, 9.17) is 5.73 Å². The van der Waals surface area contributed by atoms with Crippen LogP contribution < -0.4 is 5.73 Å². The van der Waals surface area contributed by atoms with Crippen molar-refractivity contribution in [3.8, 4) is 0 Å². The molecule has 2 fully saturated rings. The Labute approximate surface area is 97.4 Å². The molecule has 0 spiro atoms. The Morgan fingerprint density at radius 3 is 2.88 bits per heavy atom. The van der Waals surface area contributed by atoms with Crippen LogP contribution in [-0.4, -0.2) is 30.1 Å². The Balaban J connectivity index is 1.71. The van der Waals surface area contributed by atoms with Crippen molar-refractivity contribution in [3.63, 3.8) is 0 Å². The van der Waals surface area contributed by atoms with Crippen LogP contribution in [0.15, 0.2) is 30.3 Å². The van der Waals surface area contributed by atoms with E-state index in [0.717, 1.165) is 5.92 Å². The summed E-state index contributed by atoms with van der Waals surface area (Å²) in [6.45, 7) is 2.49. The van der Waals surface area contributed by atoms with Crippen LogP contribution in [-0.2, 0) is 6.42 Å². The smallest absolute Gasteiger partial charge is 0.0151 e. The van der Waals surface area contributed by atoms with Crippen LogP contribution in [0, 0.1) is 5.92 Å². The number of nitrogens with two attached hydrogens (primary N) is 1. The summed E-state index contributed by atoms with van der Waals surface area (Å²) in [6, 6.07) is 11.9. The lowest BCUT2D eigenvalue weighted by atomic mass is 9.88. The van der Waals surface area contributed by atoms with Crippen molar-refractivity contribution in [2.24, 2.45) is 11.7 Å². The molecule has 4 unspecified atom stereocenters.